The van der Waals surface area contributed by atoms with Gasteiger partial charge in [-0.25, -0.2) is 9.97 Å². The predicted molar refractivity (Wildman–Crippen MR) is 77.9 cm³/mol. The highest BCUT2D eigenvalue weighted by Gasteiger charge is 2.27. The van der Waals surface area contributed by atoms with Crippen molar-refractivity contribution in [2.75, 3.05) is 44.1 Å². The highest BCUT2D eigenvalue weighted by molar-refractivity contribution is 5.49. The fraction of sp³-hybridized carbons (Fsp3) is 0.714. The molecule has 0 saturated heterocycles. The van der Waals surface area contributed by atoms with E-state index in [1.54, 1.807) is 7.11 Å². The van der Waals surface area contributed by atoms with Crippen LogP contribution in [0.15, 0.2) is 6.07 Å². The van der Waals surface area contributed by atoms with Crippen molar-refractivity contribution in [1.29, 1.82) is 0 Å². The number of nitrogens with zero attached hydrogens (tertiary/aromatic N) is 3. The van der Waals surface area contributed by atoms with Crippen LogP contribution in [0.4, 0.5) is 11.6 Å². The molecule has 0 aromatic carbocycles. The normalized spacial score (nSPS) is 14.5. The molecule has 1 aromatic rings. The van der Waals surface area contributed by atoms with E-state index in [4.69, 9.17) is 4.74 Å². The van der Waals surface area contributed by atoms with Crippen molar-refractivity contribution in [3.05, 3.63) is 11.9 Å². The Kier molecular flexibility index (Phi) is 4.96. The predicted octanol–water partition coefficient (Wildman–Crippen LogP) is 2.26. The summed E-state index contributed by atoms with van der Waals surface area (Å²) in [6.07, 6.45) is 3.54. The molecule has 0 amide bonds. The summed E-state index contributed by atoms with van der Waals surface area (Å²) in [4.78, 5) is 11.4. The Hall–Kier alpha value is -1.36. The molecule has 1 aliphatic carbocycles. The van der Waals surface area contributed by atoms with Crippen LogP contribution in [0.2, 0.25) is 0 Å². The maximum atomic E-state index is 5.12. The third-order valence-corrected chi connectivity index (χ3v) is 3.25. The van der Waals surface area contributed by atoms with Gasteiger partial charge < -0.3 is 15.0 Å². The zero-order chi connectivity index (χ0) is 13.7. The van der Waals surface area contributed by atoms with E-state index in [9.17, 15) is 0 Å². The Morgan fingerprint density at radius 1 is 1.42 bits per heavy atom. The van der Waals surface area contributed by atoms with Gasteiger partial charge in [0.2, 0.25) is 0 Å². The van der Waals surface area contributed by atoms with Gasteiger partial charge in [-0.2, -0.15) is 0 Å². The smallest absolute Gasteiger partial charge is 0.136 e. The van der Waals surface area contributed by atoms with Gasteiger partial charge in [0.25, 0.3) is 0 Å². The Morgan fingerprint density at radius 3 is 2.84 bits per heavy atom. The van der Waals surface area contributed by atoms with Crippen LogP contribution in [-0.4, -0.2) is 43.8 Å². The van der Waals surface area contributed by atoms with Crippen molar-refractivity contribution in [2.24, 2.45) is 0 Å². The van der Waals surface area contributed by atoms with Gasteiger partial charge >= 0.3 is 0 Å². The third-order valence-electron chi connectivity index (χ3n) is 3.25. The molecule has 0 unspecified atom stereocenters. The van der Waals surface area contributed by atoms with Crippen LogP contribution in [0.3, 0.4) is 0 Å². The Labute approximate surface area is 115 Å². The van der Waals surface area contributed by atoms with Crippen LogP contribution < -0.4 is 10.2 Å². The number of ether oxygens (including phenoxy) is 1. The number of aromatic nitrogens is 2. The molecule has 106 valence electrons. The number of anilines is 2. The Bertz CT molecular complexity index is 406. The van der Waals surface area contributed by atoms with E-state index in [-0.39, 0.29) is 0 Å². The van der Waals surface area contributed by atoms with Crippen molar-refractivity contribution in [3.8, 4) is 0 Å². The quantitative estimate of drug-likeness (QED) is 0.780. The lowest BCUT2D eigenvalue weighted by Gasteiger charge is -2.19. The molecule has 5 heteroatoms. The molecule has 1 aromatic heterocycles. The first kappa shape index (κ1) is 14.1. The van der Waals surface area contributed by atoms with Gasteiger partial charge in [0.15, 0.2) is 0 Å². The fourth-order valence-corrected chi connectivity index (χ4v) is 1.86. The number of methoxy groups -OCH3 is 1. The Balaban J connectivity index is 2.13. The molecule has 1 N–H and O–H groups in total. The lowest BCUT2D eigenvalue weighted by Crippen LogP contribution is -2.24. The van der Waals surface area contributed by atoms with Crippen LogP contribution >= 0.6 is 0 Å². The molecular weight excluding hydrogens is 240 g/mol. The molecule has 0 bridgehead atoms. The lowest BCUT2D eigenvalue weighted by molar-refractivity contribution is 0.206. The molecule has 0 atom stereocenters. The van der Waals surface area contributed by atoms with E-state index in [1.807, 2.05) is 13.1 Å². The summed E-state index contributed by atoms with van der Waals surface area (Å²) in [5, 5.41) is 3.36. The number of hydrogen-bond donors (Lipinski definition) is 1. The molecule has 0 spiro atoms. The number of likely N-dealkylation sites (N-methyl/N-ethyl adjacent to an activating group) is 1. The first-order chi connectivity index (χ1) is 9.24. The van der Waals surface area contributed by atoms with Crippen LogP contribution in [0.25, 0.3) is 0 Å². The molecule has 1 aliphatic rings. The maximum absolute atomic E-state index is 5.12. The summed E-state index contributed by atoms with van der Waals surface area (Å²) in [5.41, 5.74) is 0. The van der Waals surface area contributed by atoms with E-state index in [2.05, 4.69) is 27.1 Å². The highest BCUT2D eigenvalue weighted by atomic mass is 16.5. The molecular formula is C14H24N4O. The standard InChI is InChI=1S/C14H24N4O/c1-4-7-15-12-10-13(18(2)8-9-19-3)17-14(16-12)11-5-6-11/h10-11H,4-9H2,1-3H3,(H,15,16,17). The average Bonchev–Trinajstić information content (AvgIpc) is 3.26. The molecule has 1 fully saturated rings. The van der Waals surface area contributed by atoms with Crippen molar-refractivity contribution >= 4 is 11.6 Å². The summed E-state index contributed by atoms with van der Waals surface area (Å²) in [6.45, 7) is 4.64. The summed E-state index contributed by atoms with van der Waals surface area (Å²) < 4.78 is 5.12. The number of rotatable bonds is 8. The first-order valence-corrected chi connectivity index (χ1v) is 7.07. The zero-order valence-corrected chi connectivity index (χ0v) is 12.1. The zero-order valence-electron chi connectivity index (χ0n) is 12.1. The highest BCUT2D eigenvalue weighted by Crippen LogP contribution is 2.39. The van der Waals surface area contributed by atoms with Crippen LogP contribution in [0, 0.1) is 0 Å². The van der Waals surface area contributed by atoms with Gasteiger partial charge in [0.1, 0.15) is 17.5 Å². The second kappa shape index (κ2) is 6.70. The molecule has 19 heavy (non-hydrogen) atoms. The summed E-state index contributed by atoms with van der Waals surface area (Å²) in [6, 6.07) is 2.02. The van der Waals surface area contributed by atoms with E-state index < -0.39 is 0 Å². The molecule has 0 radical (unpaired) electrons. The maximum Gasteiger partial charge on any atom is 0.136 e. The minimum atomic E-state index is 0.568. The molecule has 5 nitrogen and oxygen atoms in total. The van der Waals surface area contributed by atoms with E-state index in [0.717, 1.165) is 37.0 Å². The van der Waals surface area contributed by atoms with Gasteiger partial charge in [-0.1, -0.05) is 6.92 Å². The van der Waals surface area contributed by atoms with E-state index in [0.29, 0.717) is 12.5 Å². The van der Waals surface area contributed by atoms with Crippen molar-refractivity contribution in [1.82, 2.24) is 9.97 Å². The molecule has 1 saturated carbocycles. The largest absolute Gasteiger partial charge is 0.383 e. The second-order valence-corrected chi connectivity index (χ2v) is 5.08. The van der Waals surface area contributed by atoms with Crippen LogP contribution in [0.1, 0.15) is 37.9 Å². The Morgan fingerprint density at radius 2 is 2.21 bits per heavy atom. The van der Waals surface area contributed by atoms with Crippen molar-refractivity contribution < 1.29 is 4.74 Å². The summed E-state index contributed by atoms with van der Waals surface area (Å²) in [5.74, 6) is 3.48. The number of nitrogens with one attached hydrogen (secondary N) is 1. The monoisotopic (exact) mass is 264 g/mol. The topological polar surface area (TPSA) is 50.3 Å². The number of hydrogen-bond acceptors (Lipinski definition) is 5. The lowest BCUT2D eigenvalue weighted by atomic mass is 10.3. The summed E-state index contributed by atoms with van der Waals surface area (Å²) in [7, 11) is 3.76. The first-order valence-electron chi connectivity index (χ1n) is 7.07. The van der Waals surface area contributed by atoms with Crippen molar-refractivity contribution in [2.45, 2.75) is 32.1 Å². The molecule has 1 heterocycles. The summed E-state index contributed by atoms with van der Waals surface area (Å²) >= 11 is 0. The van der Waals surface area contributed by atoms with Crippen LogP contribution in [-0.2, 0) is 4.74 Å². The van der Waals surface area contributed by atoms with Crippen LogP contribution in [0.5, 0.6) is 0 Å². The van der Waals surface area contributed by atoms with E-state index in [1.165, 1.54) is 12.8 Å². The average molecular weight is 264 g/mol. The van der Waals surface area contributed by atoms with Crippen molar-refractivity contribution in [3.63, 3.8) is 0 Å². The third kappa shape index (κ3) is 4.06. The minimum Gasteiger partial charge on any atom is -0.383 e. The van der Waals surface area contributed by atoms with Gasteiger partial charge in [0, 0.05) is 39.2 Å². The van der Waals surface area contributed by atoms with Gasteiger partial charge in [-0.15, -0.1) is 0 Å². The minimum absolute atomic E-state index is 0.568. The fourth-order valence-electron chi connectivity index (χ4n) is 1.86. The van der Waals surface area contributed by atoms with Gasteiger partial charge in [0.05, 0.1) is 6.61 Å². The SMILES string of the molecule is CCCNc1cc(N(C)CCOC)nc(C2CC2)n1. The second-order valence-electron chi connectivity index (χ2n) is 5.08. The van der Waals surface area contributed by atoms with Gasteiger partial charge in [-0.05, 0) is 19.3 Å². The molecule has 2 rings (SSSR count). The van der Waals surface area contributed by atoms with Gasteiger partial charge in [-0.3, -0.25) is 0 Å². The molecule has 0 aliphatic heterocycles. The van der Waals surface area contributed by atoms with E-state index >= 15 is 0 Å².